The van der Waals surface area contributed by atoms with Crippen LogP contribution in [0.1, 0.15) is 19.8 Å². The molecule has 0 amide bonds. The van der Waals surface area contributed by atoms with Crippen molar-refractivity contribution in [1.29, 1.82) is 0 Å². The molecule has 0 spiro atoms. The van der Waals surface area contributed by atoms with Gasteiger partial charge in [-0.3, -0.25) is 4.74 Å². The average molecular weight is 238 g/mol. The molecule has 0 atom stereocenters. The minimum Gasteiger partial charge on any atom is -0.463 e. The van der Waals surface area contributed by atoms with E-state index in [9.17, 15) is 18.0 Å². The second kappa shape index (κ2) is 5.34. The first kappa shape index (κ1) is 13.0. The summed E-state index contributed by atoms with van der Waals surface area (Å²) in [6, 6.07) is 0. The molecule has 1 saturated carbocycles. The predicted molar refractivity (Wildman–Crippen MR) is 49.4 cm³/mol. The van der Waals surface area contributed by atoms with Crippen LogP contribution in [0.5, 0.6) is 0 Å². The highest BCUT2D eigenvalue weighted by molar-refractivity contribution is 5.81. The Labute approximate surface area is 91.2 Å². The molecule has 16 heavy (non-hydrogen) atoms. The molecular formula is C10H13F3O3. The number of allylic oxidation sites excluding steroid dienone is 1. The van der Waals surface area contributed by atoms with Crippen LogP contribution < -0.4 is 0 Å². The first-order chi connectivity index (χ1) is 7.40. The SMILES string of the molecule is CCOC(=O)/C=C/C1CC(OC(F)(F)F)C1. The van der Waals surface area contributed by atoms with Gasteiger partial charge in [-0.25, -0.2) is 4.79 Å². The number of hydrogen-bond acceptors (Lipinski definition) is 3. The van der Waals surface area contributed by atoms with Crippen LogP contribution in [-0.4, -0.2) is 25.0 Å². The van der Waals surface area contributed by atoms with Crippen LogP contribution in [0.3, 0.4) is 0 Å². The van der Waals surface area contributed by atoms with Crippen molar-refractivity contribution in [2.45, 2.75) is 32.2 Å². The molecule has 0 saturated heterocycles. The summed E-state index contributed by atoms with van der Waals surface area (Å²) in [5.74, 6) is -0.501. The van der Waals surface area contributed by atoms with Gasteiger partial charge >= 0.3 is 12.3 Å². The summed E-state index contributed by atoms with van der Waals surface area (Å²) in [4.78, 5) is 10.9. The molecule has 0 heterocycles. The van der Waals surface area contributed by atoms with Gasteiger partial charge in [0.25, 0.3) is 0 Å². The first-order valence-corrected chi connectivity index (χ1v) is 5.00. The van der Waals surface area contributed by atoms with E-state index >= 15 is 0 Å². The van der Waals surface area contributed by atoms with Gasteiger partial charge in [-0.15, -0.1) is 13.2 Å². The fraction of sp³-hybridized carbons (Fsp3) is 0.700. The lowest BCUT2D eigenvalue weighted by atomic mass is 9.82. The molecule has 3 nitrogen and oxygen atoms in total. The van der Waals surface area contributed by atoms with Gasteiger partial charge in [0.15, 0.2) is 0 Å². The van der Waals surface area contributed by atoms with Crippen molar-refractivity contribution in [3.05, 3.63) is 12.2 Å². The number of esters is 1. The molecule has 92 valence electrons. The summed E-state index contributed by atoms with van der Waals surface area (Å²) in [6.07, 6.45) is -1.96. The molecule has 1 aliphatic rings. The van der Waals surface area contributed by atoms with E-state index in [4.69, 9.17) is 0 Å². The van der Waals surface area contributed by atoms with Gasteiger partial charge in [0.2, 0.25) is 0 Å². The summed E-state index contributed by atoms with van der Waals surface area (Å²) in [5, 5.41) is 0. The molecule has 6 heteroatoms. The zero-order valence-electron chi connectivity index (χ0n) is 8.79. The minimum atomic E-state index is -4.57. The van der Waals surface area contributed by atoms with Crippen molar-refractivity contribution in [2.24, 2.45) is 5.92 Å². The molecule has 1 rings (SSSR count). The van der Waals surface area contributed by atoms with Gasteiger partial charge in [0, 0.05) is 6.08 Å². The van der Waals surface area contributed by atoms with Gasteiger partial charge in [0.1, 0.15) is 0 Å². The average Bonchev–Trinajstić information content (AvgIpc) is 2.07. The largest absolute Gasteiger partial charge is 0.522 e. The van der Waals surface area contributed by atoms with E-state index in [0.717, 1.165) is 0 Å². The molecule has 0 aromatic heterocycles. The molecule has 0 unspecified atom stereocenters. The zero-order chi connectivity index (χ0) is 12.2. The normalized spacial score (nSPS) is 25.5. The highest BCUT2D eigenvalue weighted by atomic mass is 19.4. The van der Waals surface area contributed by atoms with E-state index in [0.29, 0.717) is 0 Å². The molecule has 1 aliphatic carbocycles. The number of hydrogen-bond donors (Lipinski definition) is 0. The molecule has 1 fully saturated rings. The summed E-state index contributed by atoms with van der Waals surface area (Å²) < 4.78 is 43.7. The Balaban J connectivity index is 2.19. The van der Waals surface area contributed by atoms with Crippen molar-refractivity contribution in [3.63, 3.8) is 0 Å². The van der Waals surface area contributed by atoms with E-state index in [-0.39, 0.29) is 25.4 Å². The smallest absolute Gasteiger partial charge is 0.463 e. The highest BCUT2D eigenvalue weighted by Gasteiger charge is 2.39. The van der Waals surface area contributed by atoms with Crippen molar-refractivity contribution < 1.29 is 27.4 Å². The van der Waals surface area contributed by atoms with Crippen molar-refractivity contribution >= 4 is 5.97 Å². The first-order valence-electron chi connectivity index (χ1n) is 5.00. The summed E-state index contributed by atoms with van der Waals surface area (Å²) in [7, 11) is 0. The molecule has 0 N–H and O–H groups in total. The van der Waals surface area contributed by atoms with Crippen molar-refractivity contribution in [2.75, 3.05) is 6.61 Å². The molecule has 0 radical (unpaired) electrons. The van der Waals surface area contributed by atoms with E-state index < -0.39 is 18.4 Å². The number of carbonyl (C=O) groups is 1. The molecule has 0 aromatic rings. The summed E-state index contributed by atoms with van der Waals surface area (Å²) >= 11 is 0. The number of rotatable bonds is 4. The third-order valence-corrected chi connectivity index (χ3v) is 2.22. The van der Waals surface area contributed by atoms with Gasteiger partial charge in [-0.05, 0) is 25.7 Å². The van der Waals surface area contributed by atoms with Crippen LogP contribution in [0.25, 0.3) is 0 Å². The van der Waals surface area contributed by atoms with Crippen LogP contribution in [0.2, 0.25) is 0 Å². The van der Waals surface area contributed by atoms with Gasteiger partial charge in [-0.1, -0.05) is 6.08 Å². The van der Waals surface area contributed by atoms with Crippen LogP contribution in [0, 0.1) is 5.92 Å². The van der Waals surface area contributed by atoms with E-state index in [1.165, 1.54) is 6.08 Å². The summed E-state index contributed by atoms with van der Waals surface area (Å²) in [5.41, 5.74) is 0. The molecule has 0 aliphatic heterocycles. The Kier molecular flexibility index (Phi) is 4.35. The number of halogens is 3. The molecule has 0 bridgehead atoms. The predicted octanol–water partition coefficient (Wildman–Crippen LogP) is 2.42. The standard InChI is InChI=1S/C10H13F3O3/c1-2-15-9(14)4-3-7-5-8(6-7)16-10(11,12)13/h3-4,7-8H,2,5-6H2,1H3/b4-3+. The van der Waals surface area contributed by atoms with Crippen LogP contribution in [0.4, 0.5) is 13.2 Å². The Hall–Kier alpha value is -1.04. The van der Waals surface area contributed by atoms with Crippen molar-refractivity contribution in [3.8, 4) is 0 Å². The highest BCUT2D eigenvalue weighted by Crippen LogP contribution is 2.35. The minimum absolute atomic E-state index is 0.0308. The molecular weight excluding hydrogens is 225 g/mol. The fourth-order valence-corrected chi connectivity index (χ4v) is 1.45. The van der Waals surface area contributed by atoms with Gasteiger partial charge in [0.05, 0.1) is 12.7 Å². The quantitative estimate of drug-likeness (QED) is 0.557. The topological polar surface area (TPSA) is 35.5 Å². The number of carbonyl (C=O) groups excluding carboxylic acids is 1. The number of ether oxygens (including phenoxy) is 2. The lowest BCUT2D eigenvalue weighted by Gasteiger charge is -2.33. The van der Waals surface area contributed by atoms with E-state index in [2.05, 4.69) is 9.47 Å². The Morgan fingerprint density at radius 3 is 2.56 bits per heavy atom. The van der Waals surface area contributed by atoms with Crippen molar-refractivity contribution in [1.82, 2.24) is 0 Å². The van der Waals surface area contributed by atoms with Crippen LogP contribution >= 0.6 is 0 Å². The Bertz CT molecular complexity index is 267. The zero-order valence-corrected chi connectivity index (χ0v) is 8.79. The maximum absolute atomic E-state index is 11.8. The third kappa shape index (κ3) is 4.65. The monoisotopic (exact) mass is 238 g/mol. The fourth-order valence-electron chi connectivity index (χ4n) is 1.45. The lowest BCUT2D eigenvalue weighted by molar-refractivity contribution is -0.353. The Morgan fingerprint density at radius 2 is 2.06 bits per heavy atom. The summed E-state index contributed by atoms with van der Waals surface area (Å²) in [6.45, 7) is 1.97. The number of alkyl halides is 3. The van der Waals surface area contributed by atoms with Crippen LogP contribution in [-0.2, 0) is 14.3 Å². The Morgan fingerprint density at radius 1 is 1.44 bits per heavy atom. The van der Waals surface area contributed by atoms with Gasteiger partial charge in [-0.2, -0.15) is 0 Å². The maximum atomic E-state index is 11.8. The molecule has 0 aromatic carbocycles. The lowest BCUT2D eigenvalue weighted by Crippen LogP contribution is -2.35. The third-order valence-electron chi connectivity index (χ3n) is 2.22. The van der Waals surface area contributed by atoms with E-state index in [1.54, 1.807) is 13.0 Å². The maximum Gasteiger partial charge on any atom is 0.522 e. The van der Waals surface area contributed by atoms with Crippen LogP contribution in [0.15, 0.2) is 12.2 Å². The van der Waals surface area contributed by atoms with E-state index in [1.807, 2.05) is 0 Å². The second-order valence-electron chi connectivity index (χ2n) is 3.53. The second-order valence-corrected chi connectivity index (χ2v) is 3.53. The van der Waals surface area contributed by atoms with Gasteiger partial charge < -0.3 is 4.74 Å².